The molecule has 0 radical (unpaired) electrons. The number of aromatic nitrogens is 2. The molecule has 6 nitrogen and oxygen atoms in total. The van der Waals surface area contributed by atoms with Gasteiger partial charge in [-0.3, -0.25) is 0 Å². The number of primary amides is 1. The van der Waals surface area contributed by atoms with E-state index < -0.39 is 0 Å². The fourth-order valence-corrected chi connectivity index (χ4v) is 3.20. The Labute approximate surface area is 145 Å². The zero-order valence-electron chi connectivity index (χ0n) is 13.8. The molecule has 2 N–H and O–H groups in total. The number of ether oxygens (including phenoxy) is 1. The van der Waals surface area contributed by atoms with Crippen molar-refractivity contribution in [2.24, 2.45) is 5.73 Å². The quantitative estimate of drug-likeness (QED) is 0.799. The van der Waals surface area contributed by atoms with Gasteiger partial charge >= 0.3 is 6.03 Å². The second-order valence-corrected chi connectivity index (χ2v) is 6.28. The van der Waals surface area contributed by atoms with Gasteiger partial charge in [-0.05, 0) is 35.4 Å². The number of piperidine rings is 1. The molecule has 0 unspecified atom stereocenters. The summed E-state index contributed by atoms with van der Waals surface area (Å²) < 4.78 is 8.02. The van der Waals surface area contributed by atoms with Gasteiger partial charge in [-0.2, -0.15) is 0 Å². The lowest BCUT2D eigenvalue weighted by Gasteiger charge is -2.31. The maximum atomic E-state index is 11.2. The summed E-state index contributed by atoms with van der Waals surface area (Å²) in [6, 6.07) is 11.9. The normalized spacial score (nSPS) is 15.4. The summed E-state index contributed by atoms with van der Waals surface area (Å²) in [4.78, 5) is 17.1. The molecule has 6 heteroatoms. The van der Waals surface area contributed by atoms with Crippen molar-refractivity contribution in [3.63, 3.8) is 0 Å². The van der Waals surface area contributed by atoms with Gasteiger partial charge in [0.15, 0.2) is 0 Å². The fourth-order valence-electron chi connectivity index (χ4n) is 3.20. The highest BCUT2D eigenvalue weighted by atomic mass is 16.5. The third-order valence-corrected chi connectivity index (χ3v) is 4.64. The molecule has 0 atom stereocenters. The molecule has 0 aliphatic carbocycles. The molecule has 1 aliphatic rings. The number of nitrogens with two attached hydrogens (primary N) is 1. The van der Waals surface area contributed by atoms with Crippen LogP contribution in [0.1, 0.15) is 12.8 Å². The molecule has 0 saturated carbocycles. The third kappa shape index (κ3) is 3.28. The van der Waals surface area contributed by atoms with Crippen LogP contribution in [0.5, 0.6) is 5.75 Å². The Morgan fingerprint density at radius 2 is 1.84 bits per heavy atom. The van der Waals surface area contributed by atoms with Crippen LogP contribution < -0.4 is 10.5 Å². The second-order valence-electron chi connectivity index (χ2n) is 6.28. The predicted molar refractivity (Wildman–Crippen MR) is 95.4 cm³/mol. The van der Waals surface area contributed by atoms with Gasteiger partial charge in [0.1, 0.15) is 17.5 Å². The van der Waals surface area contributed by atoms with E-state index in [0.29, 0.717) is 13.1 Å². The van der Waals surface area contributed by atoms with Gasteiger partial charge in [-0.15, -0.1) is 0 Å². The van der Waals surface area contributed by atoms with E-state index in [-0.39, 0.29) is 12.1 Å². The van der Waals surface area contributed by atoms with Crippen LogP contribution in [0, 0.1) is 0 Å². The Bertz CT molecular complexity index is 880. The first-order valence-electron chi connectivity index (χ1n) is 8.43. The average Bonchev–Trinajstić information content (AvgIpc) is 3.10. The number of amides is 2. The summed E-state index contributed by atoms with van der Waals surface area (Å²) in [7, 11) is 0. The average molecular weight is 336 g/mol. The number of carbonyl (C=O) groups is 1. The number of likely N-dealkylation sites (tertiary alicyclic amines) is 1. The van der Waals surface area contributed by atoms with Crippen LogP contribution in [-0.2, 0) is 0 Å². The Morgan fingerprint density at radius 3 is 2.56 bits per heavy atom. The number of imidazole rings is 1. The lowest BCUT2D eigenvalue weighted by atomic mass is 10.1. The molecule has 3 heterocycles. The Hall–Kier alpha value is -3.02. The van der Waals surface area contributed by atoms with Gasteiger partial charge < -0.3 is 19.8 Å². The van der Waals surface area contributed by atoms with Crippen LogP contribution in [-0.4, -0.2) is 39.5 Å². The SMILES string of the molecule is NC(=O)N1CCC(Oc2ccc(-c3ccn4ccnc4c3)cc2)CC1. The summed E-state index contributed by atoms with van der Waals surface area (Å²) >= 11 is 0. The van der Waals surface area contributed by atoms with Crippen LogP contribution in [0.4, 0.5) is 4.79 Å². The van der Waals surface area contributed by atoms with Crippen molar-refractivity contribution in [1.82, 2.24) is 14.3 Å². The van der Waals surface area contributed by atoms with Crippen molar-refractivity contribution >= 4 is 11.7 Å². The fraction of sp³-hybridized carbons (Fsp3) is 0.263. The molecular formula is C19H20N4O2. The molecule has 1 fully saturated rings. The first kappa shape index (κ1) is 15.5. The lowest BCUT2D eigenvalue weighted by molar-refractivity contribution is 0.114. The molecule has 1 aliphatic heterocycles. The van der Waals surface area contributed by atoms with Crippen LogP contribution >= 0.6 is 0 Å². The van der Waals surface area contributed by atoms with Crippen LogP contribution in [0.2, 0.25) is 0 Å². The third-order valence-electron chi connectivity index (χ3n) is 4.64. The van der Waals surface area contributed by atoms with Crippen LogP contribution in [0.3, 0.4) is 0 Å². The van der Waals surface area contributed by atoms with Crippen LogP contribution in [0.15, 0.2) is 55.0 Å². The number of urea groups is 1. The largest absolute Gasteiger partial charge is 0.490 e. The zero-order valence-corrected chi connectivity index (χ0v) is 13.8. The van der Waals surface area contributed by atoms with Crippen molar-refractivity contribution in [1.29, 1.82) is 0 Å². The molecule has 128 valence electrons. The van der Waals surface area contributed by atoms with Gasteiger partial charge in [-0.25, -0.2) is 9.78 Å². The van der Waals surface area contributed by atoms with Gasteiger partial charge in [0.25, 0.3) is 0 Å². The van der Waals surface area contributed by atoms with E-state index in [1.165, 1.54) is 0 Å². The summed E-state index contributed by atoms with van der Waals surface area (Å²) in [5, 5.41) is 0. The Kier molecular flexibility index (Phi) is 4.01. The molecule has 2 aromatic heterocycles. The van der Waals surface area contributed by atoms with E-state index in [2.05, 4.69) is 29.2 Å². The maximum Gasteiger partial charge on any atom is 0.314 e. The molecule has 4 rings (SSSR count). The van der Waals surface area contributed by atoms with E-state index in [4.69, 9.17) is 10.5 Å². The highest BCUT2D eigenvalue weighted by molar-refractivity contribution is 5.72. The molecular weight excluding hydrogens is 316 g/mol. The van der Waals surface area contributed by atoms with E-state index >= 15 is 0 Å². The molecule has 25 heavy (non-hydrogen) atoms. The molecule has 0 spiro atoms. The number of carbonyl (C=O) groups excluding carboxylic acids is 1. The van der Waals surface area contributed by atoms with E-state index in [1.807, 2.05) is 28.9 Å². The smallest absolute Gasteiger partial charge is 0.314 e. The summed E-state index contributed by atoms with van der Waals surface area (Å²) in [6.07, 6.45) is 7.47. The number of benzene rings is 1. The first-order valence-corrected chi connectivity index (χ1v) is 8.43. The zero-order chi connectivity index (χ0) is 17.2. The maximum absolute atomic E-state index is 11.2. The van der Waals surface area contributed by atoms with Gasteiger partial charge in [0.2, 0.25) is 0 Å². The second kappa shape index (κ2) is 6.47. The van der Waals surface area contributed by atoms with E-state index in [0.717, 1.165) is 35.4 Å². The van der Waals surface area contributed by atoms with Crippen molar-refractivity contribution in [2.75, 3.05) is 13.1 Å². The Balaban J connectivity index is 1.42. The molecule has 1 aromatic carbocycles. The number of nitrogens with zero attached hydrogens (tertiary/aromatic N) is 3. The monoisotopic (exact) mass is 336 g/mol. The molecule has 0 bridgehead atoms. The van der Waals surface area contributed by atoms with Crippen molar-refractivity contribution < 1.29 is 9.53 Å². The van der Waals surface area contributed by atoms with Crippen LogP contribution in [0.25, 0.3) is 16.8 Å². The van der Waals surface area contributed by atoms with Crippen molar-refractivity contribution in [2.45, 2.75) is 18.9 Å². The molecule has 3 aromatic rings. The van der Waals surface area contributed by atoms with Crippen molar-refractivity contribution in [3.8, 4) is 16.9 Å². The minimum atomic E-state index is -0.350. The number of fused-ring (bicyclic) bond motifs is 1. The number of hydrogen-bond acceptors (Lipinski definition) is 3. The Morgan fingerprint density at radius 1 is 1.08 bits per heavy atom. The first-order chi connectivity index (χ1) is 12.2. The lowest BCUT2D eigenvalue weighted by Crippen LogP contribution is -2.44. The minimum absolute atomic E-state index is 0.128. The number of hydrogen-bond donors (Lipinski definition) is 1. The minimum Gasteiger partial charge on any atom is -0.490 e. The van der Waals surface area contributed by atoms with E-state index in [9.17, 15) is 4.79 Å². The summed E-state index contributed by atoms with van der Waals surface area (Å²) in [5.41, 5.74) is 8.49. The number of pyridine rings is 1. The summed E-state index contributed by atoms with van der Waals surface area (Å²) in [6.45, 7) is 1.31. The van der Waals surface area contributed by atoms with Gasteiger partial charge in [-0.1, -0.05) is 12.1 Å². The predicted octanol–water partition coefficient (Wildman–Crippen LogP) is 2.92. The molecule has 2 amide bonds. The summed E-state index contributed by atoms with van der Waals surface area (Å²) in [5.74, 6) is 0.850. The van der Waals surface area contributed by atoms with E-state index in [1.54, 1.807) is 11.1 Å². The highest BCUT2D eigenvalue weighted by Gasteiger charge is 2.22. The van der Waals surface area contributed by atoms with Crippen molar-refractivity contribution in [3.05, 3.63) is 55.0 Å². The van der Waals surface area contributed by atoms with Gasteiger partial charge in [0, 0.05) is 44.5 Å². The van der Waals surface area contributed by atoms with Gasteiger partial charge in [0.05, 0.1) is 0 Å². The highest BCUT2D eigenvalue weighted by Crippen LogP contribution is 2.25. The standard InChI is InChI=1S/C19H20N4O2/c20-19(24)23-10-6-17(7-11-23)25-16-3-1-14(2-4-16)15-5-9-22-12-8-21-18(22)13-15/h1-5,8-9,12-13,17H,6-7,10-11H2,(H2,20,24). The molecule has 1 saturated heterocycles. The topological polar surface area (TPSA) is 72.9 Å². The number of rotatable bonds is 3.